The molecule has 0 N–H and O–H groups in total. The highest BCUT2D eigenvalue weighted by molar-refractivity contribution is 9.10. The minimum atomic E-state index is -0.791. The maximum atomic E-state index is 13.2. The Morgan fingerprint density at radius 2 is 1.27 bits per heavy atom. The van der Waals surface area contributed by atoms with Crippen molar-refractivity contribution in [2.75, 3.05) is 18.1 Å². The lowest BCUT2D eigenvalue weighted by Crippen LogP contribution is -2.29. The Morgan fingerprint density at radius 1 is 0.683 bits per heavy atom. The molecule has 1 aliphatic rings. The van der Waals surface area contributed by atoms with Crippen molar-refractivity contribution < 1.29 is 33.4 Å². The molecule has 0 unspecified atom stereocenters. The molecule has 1 aliphatic heterocycles. The number of imide groups is 1. The molecule has 0 aliphatic carbocycles. The van der Waals surface area contributed by atoms with E-state index < -0.39 is 30.4 Å². The number of esters is 2. The number of rotatable bonds is 13. The van der Waals surface area contributed by atoms with Crippen LogP contribution in [0.3, 0.4) is 0 Å². The van der Waals surface area contributed by atoms with Gasteiger partial charge in [0.1, 0.15) is 0 Å². The van der Waals surface area contributed by atoms with Crippen LogP contribution in [0.5, 0.6) is 0 Å². The minimum absolute atomic E-state index is 0.0406. The van der Waals surface area contributed by atoms with E-state index >= 15 is 0 Å². The van der Waals surface area contributed by atoms with Crippen molar-refractivity contribution in [1.29, 1.82) is 0 Å². The van der Waals surface area contributed by atoms with Gasteiger partial charge in [-0.1, -0.05) is 67.1 Å². The van der Waals surface area contributed by atoms with Crippen molar-refractivity contribution in [3.63, 3.8) is 0 Å². The molecule has 2 amide bonds. The topological polar surface area (TPSA) is 107 Å². The highest BCUT2D eigenvalue weighted by Crippen LogP contribution is 2.29. The predicted octanol–water partition coefficient (Wildman–Crippen LogP) is 6.81. The predicted molar refractivity (Wildman–Crippen MR) is 156 cm³/mol. The van der Waals surface area contributed by atoms with E-state index in [1.54, 1.807) is 24.3 Å². The van der Waals surface area contributed by atoms with Gasteiger partial charge < -0.3 is 9.47 Å². The number of carbonyl (C=O) groups is 5. The first-order chi connectivity index (χ1) is 19.8. The molecule has 41 heavy (non-hydrogen) atoms. The molecular weight excluding hydrogens is 590 g/mol. The lowest BCUT2D eigenvalue weighted by molar-refractivity contribution is 0.0473. The van der Waals surface area contributed by atoms with Crippen molar-refractivity contribution in [3.05, 3.63) is 99.0 Å². The summed E-state index contributed by atoms with van der Waals surface area (Å²) < 4.78 is 11.3. The minimum Gasteiger partial charge on any atom is -0.462 e. The van der Waals surface area contributed by atoms with Crippen LogP contribution in [0.2, 0.25) is 0 Å². The fraction of sp³-hybridized carbons (Fsp3) is 0.281. The summed E-state index contributed by atoms with van der Waals surface area (Å²) in [6.07, 6.45) is 6.51. The van der Waals surface area contributed by atoms with E-state index in [-0.39, 0.29) is 28.2 Å². The molecule has 1 heterocycles. The van der Waals surface area contributed by atoms with E-state index in [9.17, 15) is 24.0 Å². The van der Waals surface area contributed by atoms with Gasteiger partial charge in [-0.05, 0) is 61.0 Å². The van der Waals surface area contributed by atoms with Gasteiger partial charge in [0.15, 0.2) is 12.4 Å². The molecule has 0 spiro atoms. The molecule has 0 saturated carbocycles. The van der Waals surface area contributed by atoms with Crippen molar-refractivity contribution in [3.8, 4) is 0 Å². The number of amides is 2. The van der Waals surface area contributed by atoms with Crippen LogP contribution in [0.4, 0.5) is 5.69 Å². The van der Waals surface area contributed by atoms with E-state index in [1.165, 1.54) is 61.7 Å². The van der Waals surface area contributed by atoms with Crippen LogP contribution in [0.25, 0.3) is 0 Å². The Hall–Kier alpha value is -4.11. The lowest BCUT2D eigenvalue weighted by atomic mass is 10.1. The summed E-state index contributed by atoms with van der Waals surface area (Å²) in [6, 6.07) is 16.7. The summed E-state index contributed by atoms with van der Waals surface area (Å²) in [5.41, 5.74) is 1.22. The number of unbranched alkanes of at least 4 members (excludes halogenated alkanes) is 5. The van der Waals surface area contributed by atoms with E-state index in [2.05, 4.69) is 22.9 Å². The van der Waals surface area contributed by atoms with Crippen LogP contribution in [-0.4, -0.2) is 42.7 Å². The second-order valence-electron chi connectivity index (χ2n) is 9.66. The molecule has 212 valence electrons. The fourth-order valence-electron chi connectivity index (χ4n) is 4.41. The van der Waals surface area contributed by atoms with E-state index in [0.717, 1.165) is 28.6 Å². The molecule has 4 rings (SSSR count). The normalized spacial score (nSPS) is 12.3. The van der Waals surface area contributed by atoms with Crippen LogP contribution in [0, 0.1) is 0 Å². The van der Waals surface area contributed by atoms with Crippen LogP contribution in [0.1, 0.15) is 97.2 Å². The summed E-state index contributed by atoms with van der Waals surface area (Å²) >= 11 is 3.30. The smallest absolute Gasteiger partial charge is 0.338 e. The highest BCUT2D eigenvalue weighted by Gasteiger charge is 2.37. The maximum Gasteiger partial charge on any atom is 0.338 e. The molecule has 0 saturated heterocycles. The Balaban J connectivity index is 1.35. The number of hydrogen-bond acceptors (Lipinski definition) is 7. The maximum absolute atomic E-state index is 13.2. The van der Waals surface area contributed by atoms with E-state index in [0.29, 0.717) is 17.7 Å². The first kappa shape index (κ1) is 29.9. The Kier molecular flexibility index (Phi) is 10.2. The van der Waals surface area contributed by atoms with Crippen LogP contribution < -0.4 is 4.90 Å². The second-order valence-corrected chi connectivity index (χ2v) is 10.6. The summed E-state index contributed by atoms with van der Waals surface area (Å²) in [5.74, 6) is -2.79. The van der Waals surface area contributed by atoms with Gasteiger partial charge in [-0.15, -0.1) is 0 Å². The van der Waals surface area contributed by atoms with Gasteiger partial charge in [-0.2, -0.15) is 0 Å². The highest BCUT2D eigenvalue weighted by atomic mass is 79.9. The Labute approximate surface area is 246 Å². The number of ketones is 1. The zero-order chi connectivity index (χ0) is 29.4. The van der Waals surface area contributed by atoms with Crippen LogP contribution >= 0.6 is 15.9 Å². The first-order valence-corrected chi connectivity index (χ1v) is 14.4. The van der Waals surface area contributed by atoms with Crippen molar-refractivity contribution in [2.45, 2.75) is 45.4 Å². The number of hydrogen-bond donors (Lipinski definition) is 0. The van der Waals surface area contributed by atoms with Gasteiger partial charge in [-0.25, -0.2) is 14.5 Å². The molecule has 0 fully saturated rings. The molecule has 0 radical (unpaired) electrons. The average molecular weight is 620 g/mol. The monoisotopic (exact) mass is 619 g/mol. The number of anilines is 1. The summed E-state index contributed by atoms with van der Waals surface area (Å²) in [7, 11) is 0. The van der Waals surface area contributed by atoms with Crippen molar-refractivity contribution >= 4 is 51.2 Å². The molecule has 0 bridgehead atoms. The summed E-state index contributed by atoms with van der Waals surface area (Å²) in [4.78, 5) is 64.5. The molecular formula is C32H30BrNO7. The quantitative estimate of drug-likeness (QED) is 0.0895. The van der Waals surface area contributed by atoms with Gasteiger partial charge in [-0.3, -0.25) is 14.4 Å². The van der Waals surface area contributed by atoms with E-state index in [1.807, 2.05) is 0 Å². The first-order valence-electron chi connectivity index (χ1n) is 13.6. The fourth-order valence-corrected chi connectivity index (χ4v) is 4.68. The number of benzene rings is 3. The van der Waals surface area contributed by atoms with Crippen molar-refractivity contribution in [2.24, 2.45) is 0 Å². The third kappa shape index (κ3) is 7.35. The second kappa shape index (κ2) is 14.0. The Bertz CT molecular complexity index is 1450. The molecule has 9 heteroatoms. The number of nitrogens with zero attached hydrogens (tertiary/aromatic N) is 1. The van der Waals surface area contributed by atoms with Gasteiger partial charge in [0.05, 0.1) is 34.5 Å². The molecule has 8 nitrogen and oxygen atoms in total. The molecule has 0 aromatic heterocycles. The van der Waals surface area contributed by atoms with E-state index in [4.69, 9.17) is 9.47 Å². The standard InChI is InChI=1S/C32H30BrNO7/c1-2-3-4-5-6-7-18-40-31(38)22-10-15-25(16-11-22)34-29(36)26-17-12-23(19-27(26)30(34)37)32(39)41-20-28(35)21-8-13-24(33)14-9-21/h8-17,19H,2-7,18,20H2,1H3. The molecule has 3 aromatic rings. The third-order valence-corrected chi connectivity index (χ3v) is 7.24. The lowest BCUT2D eigenvalue weighted by Gasteiger charge is -2.14. The number of ether oxygens (including phenoxy) is 2. The zero-order valence-corrected chi connectivity index (χ0v) is 24.3. The number of fused-ring (bicyclic) bond motifs is 1. The van der Waals surface area contributed by atoms with Gasteiger partial charge in [0, 0.05) is 10.0 Å². The number of halogens is 1. The number of carbonyl (C=O) groups excluding carboxylic acids is 5. The third-order valence-electron chi connectivity index (χ3n) is 6.72. The molecule has 0 atom stereocenters. The van der Waals surface area contributed by atoms with Gasteiger partial charge in [0.25, 0.3) is 11.8 Å². The Morgan fingerprint density at radius 3 is 1.98 bits per heavy atom. The van der Waals surface area contributed by atoms with Crippen molar-refractivity contribution in [1.82, 2.24) is 0 Å². The van der Waals surface area contributed by atoms with Gasteiger partial charge in [0.2, 0.25) is 0 Å². The largest absolute Gasteiger partial charge is 0.462 e. The number of Topliss-reactive ketones (excluding diaryl/α,β-unsaturated/α-hetero) is 1. The SMILES string of the molecule is CCCCCCCCOC(=O)c1ccc(N2C(=O)c3ccc(C(=O)OCC(=O)c4ccc(Br)cc4)cc3C2=O)cc1. The van der Waals surface area contributed by atoms with Crippen LogP contribution in [-0.2, 0) is 9.47 Å². The average Bonchev–Trinajstić information content (AvgIpc) is 3.24. The van der Waals surface area contributed by atoms with Crippen LogP contribution in [0.15, 0.2) is 71.2 Å². The summed E-state index contributed by atoms with van der Waals surface area (Å²) in [6.45, 7) is 2.04. The summed E-state index contributed by atoms with van der Waals surface area (Å²) in [5, 5.41) is 0. The zero-order valence-electron chi connectivity index (χ0n) is 22.7. The molecule has 3 aromatic carbocycles. The van der Waals surface area contributed by atoms with Gasteiger partial charge >= 0.3 is 11.9 Å².